The Balaban J connectivity index is 3.03. The topological polar surface area (TPSA) is 52.6 Å². The van der Waals surface area contributed by atoms with Crippen LogP contribution in [0, 0.1) is 0 Å². The second kappa shape index (κ2) is 6.26. The lowest BCUT2D eigenvalue weighted by atomic mass is 10.1. The van der Waals surface area contributed by atoms with E-state index in [4.69, 9.17) is 32.7 Å². The number of carbonyl (C=O) groups is 2. The highest BCUT2D eigenvalue weighted by Gasteiger charge is 2.23. The molecule has 1 aromatic carbocycles. The highest BCUT2D eigenvalue weighted by molar-refractivity contribution is 6.63. The molecule has 0 spiro atoms. The summed E-state index contributed by atoms with van der Waals surface area (Å²) in [6.45, 7) is 4.87. The van der Waals surface area contributed by atoms with E-state index in [-0.39, 0.29) is 22.9 Å². The van der Waals surface area contributed by atoms with Gasteiger partial charge in [0.05, 0.1) is 5.02 Å². The molecule has 0 heterocycles. The Kier molecular flexibility index (Phi) is 5.20. The predicted molar refractivity (Wildman–Crippen MR) is 73.0 cm³/mol. The minimum absolute atomic E-state index is 0.0806. The van der Waals surface area contributed by atoms with Crippen LogP contribution in [0.3, 0.4) is 0 Å². The third kappa shape index (κ3) is 5.09. The van der Waals surface area contributed by atoms with Gasteiger partial charge in [0, 0.05) is 0 Å². The molecule has 0 fully saturated rings. The molecule has 1 aromatic rings. The maximum atomic E-state index is 12.0. The number of ether oxygens (including phenoxy) is 2. The number of esters is 1. The van der Waals surface area contributed by atoms with Gasteiger partial charge in [-0.2, -0.15) is 0 Å². The van der Waals surface area contributed by atoms with Gasteiger partial charge in [0.25, 0.3) is 5.24 Å². The van der Waals surface area contributed by atoms with Crippen LogP contribution in [0.25, 0.3) is 0 Å². The van der Waals surface area contributed by atoms with Gasteiger partial charge >= 0.3 is 5.97 Å². The zero-order chi connectivity index (χ0) is 14.6. The molecule has 19 heavy (non-hydrogen) atoms. The summed E-state index contributed by atoms with van der Waals surface area (Å²) in [4.78, 5) is 22.7. The maximum absolute atomic E-state index is 12.0. The number of benzene rings is 1. The van der Waals surface area contributed by atoms with E-state index in [2.05, 4.69) is 0 Å². The van der Waals surface area contributed by atoms with Gasteiger partial charge in [-0.05, 0) is 44.5 Å². The summed E-state index contributed by atoms with van der Waals surface area (Å²) in [5.41, 5.74) is -0.576. The minimum atomic E-state index is -0.671. The van der Waals surface area contributed by atoms with Crippen LogP contribution in [-0.4, -0.2) is 23.4 Å². The first kappa shape index (κ1) is 15.8. The SMILES string of the molecule is CC(C)(C)OC(=O)c1c(Cl)cccc1OCC(=O)Cl. The first-order valence-corrected chi connectivity index (χ1v) is 6.29. The van der Waals surface area contributed by atoms with Crippen LogP contribution in [-0.2, 0) is 9.53 Å². The molecule has 104 valence electrons. The van der Waals surface area contributed by atoms with Crippen molar-refractivity contribution in [2.24, 2.45) is 0 Å². The molecular formula is C13H14Cl2O4. The highest BCUT2D eigenvalue weighted by atomic mass is 35.5. The van der Waals surface area contributed by atoms with E-state index in [1.54, 1.807) is 26.8 Å². The van der Waals surface area contributed by atoms with Crippen LogP contribution in [0.2, 0.25) is 5.02 Å². The Morgan fingerprint density at radius 3 is 2.42 bits per heavy atom. The van der Waals surface area contributed by atoms with Crippen molar-refractivity contribution in [2.45, 2.75) is 26.4 Å². The molecule has 0 N–H and O–H groups in total. The molecule has 0 saturated heterocycles. The zero-order valence-electron chi connectivity index (χ0n) is 10.8. The molecule has 6 heteroatoms. The second-order valence-corrected chi connectivity index (χ2v) is 5.59. The van der Waals surface area contributed by atoms with Gasteiger partial charge in [-0.15, -0.1) is 0 Å². The van der Waals surface area contributed by atoms with Crippen molar-refractivity contribution < 1.29 is 19.1 Å². The van der Waals surface area contributed by atoms with E-state index >= 15 is 0 Å². The smallest absolute Gasteiger partial charge is 0.343 e. The molecule has 0 bridgehead atoms. The van der Waals surface area contributed by atoms with E-state index in [1.807, 2.05) is 0 Å². The molecule has 0 atom stereocenters. The van der Waals surface area contributed by atoms with Gasteiger partial charge < -0.3 is 9.47 Å². The fourth-order valence-corrected chi connectivity index (χ4v) is 1.58. The Labute approximate surface area is 121 Å². The average molecular weight is 305 g/mol. The molecule has 1 rings (SSSR count). The van der Waals surface area contributed by atoms with Gasteiger partial charge in [0.1, 0.15) is 16.9 Å². The fraction of sp³-hybridized carbons (Fsp3) is 0.385. The Morgan fingerprint density at radius 2 is 1.89 bits per heavy atom. The van der Waals surface area contributed by atoms with Crippen molar-refractivity contribution in [3.8, 4) is 5.75 Å². The van der Waals surface area contributed by atoms with Crippen molar-refractivity contribution in [1.82, 2.24) is 0 Å². The third-order valence-corrected chi connectivity index (χ3v) is 2.34. The fourth-order valence-electron chi connectivity index (χ4n) is 1.29. The van der Waals surface area contributed by atoms with Gasteiger partial charge in [0.15, 0.2) is 6.61 Å². The number of hydrogen-bond donors (Lipinski definition) is 0. The zero-order valence-corrected chi connectivity index (χ0v) is 12.3. The van der Waals surface area contributed by atoms with Gasteiger partial charge in [-0.3, -0.25) is 4.79 Å². The average Bonchev–Trinajstić information content (AvgIpc) is 2.23. The van der Waals surface area contributed by atoms with Crippen LogP contribution in [0.1, 0.15) is 31.1 Å². The van der Waals surface area contributed by atoms with Crippen LogP contribution in [0.5, 0.6) is 5.75 Å². The second-order valence-electron chi connectivity index (χ2n) is 4.76. The van der Waals surface area contributed by atoms with Gasteiger partial charge in [-0.25, -0.2) is 4.79 Å². The van der Waals surface area contributed by atoms with E-state index in [1.165, 1.54) is 12.1 Å². The first-order valence-electron chi connectivity index (χ1n) is 5.53. The van der Waals surface area contributed by atoms with Crippen molar-refractivity contribution in [1.29, 1.82) is 0 Å². The molecule has 0 aliphatic rings. The Hall–Kier alpha value is -1.26. The number of halogens is 2. The number of hydrogen-bond acceptors (Lipinski definition) is 4. The van der Waals surface area contributed by atoms with E-state index < -0.39 is 16.8 Å². The molecule has 0 aliphatic heterocycles. The quantitative estimate of drug-likeness (QED) is 0.631. The summed E-state index contributed by atoms with van der Waals surface area (Å²) in [6.07, 6.45) is 0. The van der Waals surface area contributed by atoms with Crippen molar-refractivity contribution in [3.63, 3.8) is 0 Å². The normalized spacial score (nSPS) is 11.0. The predicted octanol–water partition coefficient (Wildman–Crippen LogP) is 3.44. The van der Waals surface area contributed by atoms with Crippen LogP contribution in [0.4, 0.5) is 0 Å². The molecular weight excluding hydrogens is 291 g/mol. The van der Waals surface area contributed by atoms with E-state index in [0.29, 0.717) is 0 Å². The molecule has 0 aliphatic carbocycles. The number of carbonyl (C=O) groups excluding carboxylic acids is 2. The highest BCUT2D eigenvalue weighted by Crippen LogP contribution is 2.28. The van der Waals surface area contributed by atoms with E-state index in [0.717, 1.165) is 0 Å². The Morgan fingerprint density at radius 1 is 1.26 bits per heavy atom. The summed E-state index contributed by atoms with van der Waals surface area (Å²) >= 11 is 11.2. The van der Waals surface area contributed by atoms with E-state index in [9.17, 15) is 9.59 Å². The maximum Gasteiger partial charge on any atom is 0.343 e. The van der Waals surface area contributed by atoms with Gasteiger partial charge in [-0.1, -0.05) is 17.7 Å². The lowest BCUT2D eigenvalue weighted by molar-refractivity contribution is -0.113. The van der Waals surface area contributed by atoms with Crippen molar-refractivity contribution in [3.05, 3.63) is 28.8 Å². The molecule has 0 amide bonds. The summed E-state index contributed by atoms with van der Waals surface area (Å²) in [5, 5.41) is -0.483. The molecule has 0 radical (unpaired) electrons. The van der Waals surface area contributed by atoms with Crippen LogP contribution in [0.15, 0.2) is 18.2 Å². The van der Waals surface area contributed by atoms with Crippen LogP contribution >= 0.6 is 23.2 Å². The molecule has 0 aromatic heterocycles. The standard InChI is InChI=1S/C13H14Cl2O4/c1-13(2,3)19-12(17)11-8(14)5-4-6-9(11)18-7-10(15)16/h4-6H,7H2,1-3H3. The largest absolute Gasteiger partial charge is 0.483 e. The molecule has 0 saturated carbocycles. The first-order chi connectivity index (χ1) is 8.70. The minimum Gasteiger partial charge on any atom is -0.483 e. The molecule has 4 nitrogen and oxygen atoms in total. The lowest BCUT2D eigenvalue weighted by Gasteiger charge is -2.20. The van der Waals surface area contributed by atoms with Gasteiger partial charge in [0.2, 0.25) is 0 Å². The summed E-state index contributed by atoms with van der Waals surface area (Å²) in [7, 11) is 0. The van der Waals surface area contributed by atoms with Crippen molar-refractivity contribution >= 4 is 34.4 Å². The van der Waals surface area contributed by atoms with Crippen LogP contribution < -0.4 is 4.74 Å². The monoisotopic (exact) mass is 304 g/mol. The van der Waals surface area contributed by atoms with Crippen molar-refractivity contribution in [2.75, 3.05) is 6.61 Å². The summed E-state index contributed by atoms with van der Waals surface area (Å²) in [6, 6.07) is 4.66. The number of rotatable bonds is 4. The summed E-state index contributed by atoms with van der Waals surface area (Å²) in [5.74, 6) is -0.453. The Bertz CT molecular complexity index is 492. The summed E-state index contributed by atoms with van der Waals surface area (Å²) < 4.78 is 10.4. The molecule has 0 unspecified atom stereocenters. The third-order valence-electron chi connectivity index (χ3n) is 1.92. The lowest BCUT2D eigenvalue weighted by Crippen LogP contribution is -2.24.